The molecule has 4 amide bonds. The minimum absolute atomic E-state index is 0.0899. The average Bonchev–Trinajstić information content (AvgIpc) is 3.36. The number of nitrogens with zero attached hydrogens (tertiary/aromatic N) is 2. The molecule has 0 radical (unpaired) electrons. The lowest BCUT2D eigenvalue weighted by atomic mass is 9.51. The van der Waals surface area contributed by atoms with E-state index in [9.17, 15) is 28.7 Å². The van der Waals surface area contributed by atoms with Crippen molar-refractivity contribution in [2.24, 2.45) is 29.1 Å². The molecule has 2 heterocycles. The van der Waals surface area contributed by atoms with Gasteiger partial charge in [0.25, 0.3) is 0 Å². The summed E-state index contributed by atoms with van der Waals surface area (Å²) in [6.45, 7) is 3.52. The van der Waals surface area contributed by atoms with Gasteiger partial charge in [-0.15, -0.1) is 0 Å². The Morgan fingerprint density at radius 1 is 0.864 bits per heavy atom. The highest BCUT2D eigenvalue weighted by molar-refractivity contribution is 6.32. The predicted octanol–water partition coefficient (Wildman–Crippen LogP) is 6.58. The summed E-state index contributed by atoms with van der Waals surface area (Å²) in [5, 5.41) is 10.6. The van der Waals surface area contributed by atoms with Gasteiger partial charge < -0.3 is 5.11 Å². The summed E-state index contributed by atoms with van der Waals surface area (Å²) in [6.07, 6.45) is 2.45. The van der Waals surface area contributed by atoms with Gasteiger partial charge in [0.05, 0.1) is 39.6 Å². The summed E-state index contributed by atoms with van der Waals surface area (Å²) in [6, 6.07) is 15.3. The normalized spacial score (nSPS) is 29.5. The molecular formula is C34H27Cl2FN2O5. The second-order valence-corrected chi connectivity index (χ2v) is 13.1. The summed E-state index contributed by atoms with van der Waals surface area (Å²) in [7, 11) is 0. The van der Waals surface area contributed by atoms with E-state index in [0.717, 1.165) is 16.5 Å². The molecule has 2 aliphatic heterocycles. The van der Waals surface area contributed by atoms with Crippen molar-refractivity contribution in [2.75, 3.05) is 9.80 Å². The van der Waals surface area contributed by atoms with Crippen molar-refractivity contribution in [1.82, 2.24) is 0 Å². The number of anilines is 2. The fraction of sp³-hybridized carbons (Fsp3) is 0.294. The second-order valence-electron chi connectivity index (χ2n) is 12.3. The molecule has 3 aromatic carbocycles. The number of rotatable bonds is 3. The van der Waals surface area contributed by atoms with Crippen LogP contribution >= 0.6 is 23.2 Å². The van der Waals surface area contributed by atoms with Gasteiger partial charge in [-0.2, -0.15) is 0 Å². The Balaban J connectivity index is 1.37. The molecule has 0 aromatic heterocycles. The average molecular weight is 634 g/mol. The Morgan fingerprint density at radius 3 is 2.25 bits per heavy atom. The number of halogens is 3. The number of imide groups is 2. The van der Waals surface area contributed by atoms with Crippen LogP contribution in [0.25, 0.3) is 0 Å². The topological polar surface area (TPSA) is 95.0 Å². The van der Waals surface area contributed by atoms with Crippen LogP contribution < -0.4 is 9.80 Å². The molecule has 7 rings (SSSR count). The van der Waals surface area contributed by atoms with Crippen molar-refractivity contribution in [1.29, 1.82) is 0 Å². The van der Waals surface area contributed by atoms with Crippen molar-refractivity contribution in [2.45, 2.75) is 32.6 Å². The molecule has 224 valence electrons. The van der Waals surface area contributed by atoms with Crippen LogP contribution in [-0.2, 0) is 19.2 Å². The Kier molecular flexibility index (Phi) is 6.54. The van der Waals surface area contributed by atoms with Gasteiger partial charge in [0.15, 0.2) is 0 Å². The number of carbonyl (C=O) groups excluding carboxylic acids is 4. The number of phenols is 1. The third-order valence-electron chi connectivity index (χ3n) is 10.1. The number of hydrogen-bond acceptors (Lipinski definition) is 5. The quantitative estimate of drug-likeness (QED) is 0.260. The van der Waals surface area contributed by atoms with Gasteiger partial charge >= 0.3 is 0 Å². The van der Waals surface area contributed by atoms with Gasteiger partial charge in [-0.3, -0.25) is 24.1 Å². The molecule has 10 heteroatoms. The summed E-state index contributed by atoms with van der Waals surface area (Å²) in [4.78, 5) is 58.7. The van der Waals surface area contributed by atoms with E-state index in [1.807, 2.05) is 6.08 Å². The first-order valence-corrected chi connectivity index (χ1v) is 15.1. The van der Waals surface area contributed by atoms with Crippen molar-refractivity contribution in [3.63, 3.8) is 0 Å². The SMILES string of the molecule is Cc1cc(C2C3=CCC4C(=O)N(c5ccc(Cl)cc5)C(=O)C4C3CC3C(=O)N(c4ccc(F)c(Cl)c4)C(=O)C32C)ccc1O. The molecule has 4 aliphatic rings. The summed E-state index contributed by atoms with van der Waals surface area (Å²) < 4.78 is 14.1. The van der Waals surface area contributed by atoms with Crippen molar-refractivity contribution in [3.8, 4) is 5.75 Å². The first-order valence-electron chi connectivity index (χ1n) is 14.4. The molecule has 1 N–H and O–H groups in total. The third-order valence-corrected chi connectivity index (χ3v) is 10.6. The zero-order valence-corrected chi connectivity index (χ0v) is 25.3. The van der Waals surface area contributed by atoms with Crippen molar-refractivity contribution in [3.05, 3.63) is 99.3 Å². The molecule has 44 heavy (non-hydrogen) atoms. The maximum atomic E-state index is 14.4. The second kappa shape index (κ2) is 10.0. The minimum atomic E-state index is -1.27. The number of amides is 4. The largest absolute Gasteiger partial charge is 0.508 e. The smallest absolute Gasteiger partial charge is 0.241 e. The number of allylic oxidation sites excluding steroid dienone is 2. The number of phenolic OH excluding ortho intramolecular Hbond substituents is 1. The number of carbonyl (C=O) groups is 4. The maximum Gasteiger partial charge on any atom is 0.241 e. The van der Waals surface area contributed by atoms with Crippen LogP contribution in [0.4, 0.5) is 15.8 Å². The number of aromatic hydroxyl groups is 1. The molecule has 2 saturated heterocycles. The maximum absolute atomic E-state index is 14.4. The van der Waals surface area contributed by atoms with Gasteiger partial charge in [-0.05, 0) is 92.3 Å². The first-order chi connectivity index (χ1) is 20.9. The van der Waals surface area contributed by atoms with Crippen LogP contribution in [0.5, 0.6) is 5.75 Å². The molecule has 7 nitrogen and oxygen atoms in total. The fourth-order valence-corrected chi connectivity index (χ4v) is 8.27. The number of fused-ring (bicyclic) bond motifs is 4. The zero-order valence-electron chi connectivity index (χ0n) is 23.8. The van der Waals surface area contributed by atoms with E-state index in [1.165, 1.54) is 17.0 Å². The molecule has 3 fully saturated rings. The highest BCUT2D eigenvalue weighted by atomic mass is 35.5. The van der Waals surface area contributed by atoms with Crippen LogP contribution in [0.1, 0.15) is 36.8 Å². The molecular weight excluding hydrogens is 606 g/mol. The predicted molar refractivity (Wildman–Crippen MR) is 163 cm³/mol. The number of aryl methyl sites for hydroxylation is 1. The van der Waals surface area contributed by atoms with Gasteiger partial charge in [0.2, 0.25) is 23.6 Å². The number of hydrogen-bond donors (Lipinski definition) is 1. The van der Waals surface area contributed by atoms with E-state index in [2.05, 4.69) is 0 Å². The first kappa shape index (κ1) is 28.7. The van der Waals surface area contributed by atoms with Crippen LogP contribution in [0.2, 0.25) is 10.0 Å². The highest BCUT2D eigenvalue weighted by Crippen LogP contribution is 2.64. The Morgan fingerprint density at radius 2 is 1.57 bits per heavy atom. The van der Waals surface area contributed by atoms with Gasteiger partial charge in [0.1, 0.15) is 11.6 Å². The molecule has 0 bridgehead atoms. The Bertz CT molecular complexity index is 1820. The van der Waals surface area contributed by atoms with Crippen LogP contribution in [-0.4, -0.2) is 28.7 Å². The molecule has 2 aliphatic carbocycles. The van der Waals surface area contributed by atoms with Crippen LogP contribution in [0, 0.1) is 41.8 Å². The molecule has 6 atom stereocenters. The Hall–Kier alpha value is -4.01. The minimum Gasteiger partial charge on any atom is -0.508 e. The van der Waals surface area contributed by atoms with E-state index >= 15 is 0 Å². The van der Waals surface area contributed by atoms with E-state index in [1.54, 1.807) is 56.3 Å². The molecule has 0 spiro atoms. The monoisotopic (exact) mass is 632 g/mol. The lowest BCUT2D eigenvalue weighted by Crippen LogP contribution is -2.48. The van der Waals surface area contributed by atoms with Gasteiger partial charge in [0, 0.05) is 10.9 Å². The van der Waals surface area contributed by atoms with Crippen LogP contribution in [0.3, 0.4) is 0 Å². The van der Waals surface area contributed by atoms with E-state index in [0.29, 0.717) is 28.3 Å². The lowest BCUT2D eigenvalue weighted by molar-refractivity contribution is -0.131. The number of benzene rings is 3. The summed E-state index contributed by atoms with van der Waals surface area (Å²) >= 11 is 12.1. The Labute approximate surface area is 262 Å². The lowest BCUT2D eigenvalue weighted by Gasteiger charge is -2.49. The van der Waals surface area contributed by atoms with Crippen molar-refractivity contribution < 1.29 is 28.7 Å². The summed E-state index contributed by atoms with van der Waals surface area (Å²) in [5.41, 5.74) is 1.47. The van der Waals surface area contributed by atoms with E-state index in [4.69, 9.17) is 23.2 Å². The van der Waals surface area contributed by atoms with Crippen LogP contribution in [0.15, 0.2) is 72.3 Å². The van der Waals surface area contributed by atoms with Gasteiger partial charge in [-0.25, -0.2) is 9.29 Å². The summed E-state index contributed by atoms with van der Waals surface area (Å²) in [5.74, 6) is -5.45. The standard InChI is InChI=1S/C34H27Cl2FN2O5/c1-16-13-17(3-12-27(16)40)29-21-9-10-22-28(32(43)38(30(22)41)19-6-4-18(35)5-7-19)23(21)15-24-31(42)39(33(44)34(24,29)2)20-8-11-26(37)25(36)14-20/h3-9,11-14,22-24,28-29,40H,10,15H2,1-2H3. The third kappa shape index (κ3) is 3.93. The van der Waals surface area contributed by atoms with Crippen molar-refractivity contribution >= 4 is 58.2 Å². The van der Waals surface area contributed by atoms with E-state index < -0.39 is 52.6 Å². The molecule has 3 aromatic rings. The van der Waals surface area contributed by atoms with E-state index in [-0.39, 0.29) is 34.7 Å². The highest BCUT2D eigenvalue weighted by Gasteiger charge is 2.67. The molecule has 6 unspecified atom stereocenters. The zero-order chi connectivity index (χ0) is 31.2. The fourth-order valence-electron chi connectivity index (χ4n) is 7.97. The van der Waals surface area contributed by atoms with Gasteiger partial charge in [-0.1, -0.05) is 47.0 Å². The molecule has 1 saturated carbocycles.